The third-order valence-corrected chi connectivity index (χ3v) is 3.27. The Morgan fingerprint density at radius 2 is 2.14 bits per heavy atom. The quantitative estimate of drug-likeness (QED) is 0.799. The lowest BCUT2D eigenvalue weighted by Gasteiger charge is -2.18. The molecule has 0 atom stereocenters. The van der Waals surface area contributed by atoms with Crippen LogP contribution in [0.4, 0.5) is 0 Å². The van der Waals surface area contributed by atoms with Gasteiger partial charge in [-0.3, -0.25) is 0 Å². The minimum atomic E-state index is -0.999. The van der Waals surface area contributed by atoms with Crippen LogP contribution in [0.1, 0.15) is 33.6 Å². The van der Waals surface area contributed by atoms with Gasteiger partial charge in [0.15, 0.2) is 0 Å². The lowest BCUT2D eigenvalue weighted by Crippen LogP contribution is -2.13. The van der Waals surface area contributed by atoms with E-state index in [0.717, 1.165) is 31.1 Å². The molecule has 1 fully saturated rings. The molecule has 0 spiro atoms. The molecule has 1 aromatic heterocycles. The van der Waals surface area contributed by atoms with E-state index >= 15 is 0 Å². The predicted molar refractivity (Wildman–Crippen MR) is 49.7 cm³/mol. The third-order valence-electron chi connectivity index (χ3n) is 2.19. The molecule has 5 nitrogen and oxygen atoms in total. The van der Waals surface area contributed by atoms with Gasteiger partial charge >= 0.3 is 5.97 Å². The molecule has 1 aliphatic heterocycles. The lowest BCUT2D eigenvalue weighted by atomic mass is 10.0. The lowest BCUT2D eigenvalue weighted by molar-refractivity contribution is 0.0695. The molecule has 0 saturated carbocycles. The molecule has 2 rings (SSSR count). The van der Waals surface area contributed by atoms with Crippen molar-refractivity contribution in [1.82, 2.24) is 10.2 Å². The van der Waals surface area contributed by atoms with Crippen LogP contribution in [0.5, 0.6) is 0 Å². The Kier molecular flexibility index (Phi) is 2.74. The number of carboxylic acids is 1. The van der Waals surface area contributed by atoms with Crippen LogP contribution in [0.3, 0.4) is 0 Å². The molecular formula is C8H10N2O3S. The fraction of sp³-hybridized carbons (Fsp3) is 0.625. The minimum Gasteiger partial charge on any atom is -0.476 e. The van der Waals surface area contributed by atoms with Crippen LogP contribution in [0.2, 0.25) is 0 Å². The molecule has 0 bridgehead atoms. The number of carbonyl (C=O) groups is 1. The molecule has 6 heteroatoms. The molecule has 0 aromatic carbocycles. The van der Waals surface area contributed by atoms with Gasteiger partial charge in [-0.2, -0.15) is 0 Å². The average Bonchev–Trinajstić information content (AvgIpc) is 2.68. The maximum absolute atomic E-state index is 10.6. The Morgan fingerprint density at radius 3 is 2.71 bits per heavy atom. The summed E-state index contributed by atoms with van der Waals surface area (Å²) in [6.07, 6.45) is 1.82. The molecule has 1 saturated heterocycles. The molecule has 14 heavy (non-hydrogen) atoms. The highest BCUT2D eigenvalue weighted by atomic mass is 32.1. The molecular weight excluding hydrogens is 204 g/mol. The number of nitrogens with zero attached hydrogens (tertiary/aromatic N) is 2. The van der Waals surface area contributed by atoms with Gasteiger partial charge in [-0.05, 0) is 12.8 Å². The van der Waals surface area contributed by atoms with Crippen LogP contribution in [-0.2, 0) is 4.74 Å². The molecule has 2 heterocycles. The van der Waals surface area contributed by atoms with E-state index in [1.165, 1.54) is 11.3 Å². The normalized spacial score (nSPS) is 18.3. The van der Waals surface area contributed by atoms with Crippen molar-refractivity contribution in [2.24, 2.45) is 0 Å². The van der Waals surface area contributed by atoms with E-state index in [2.05, 4.69) is 10.2 Å². The first-order valence-electron chi connectivity index (χ1n) is 4.42. The Bertz CT molecular complexity index is 333. The van der Waals surface area contributed by atoms with Crippen molar-refractivity contribution in [1.29, 1.82) is 0 Å². The summed E-state index contributed by atoms with van der Waals surface area (Å²) < 4.78 is 5.22. The maximum Gasteiger partial charge on any atom is 0.367 e. The van der Waals surface area contributed by atoms with Crippen molar-refractivity contribution in [2.45, 2.75) is 18.8 Å². The first-order chi connectivity index (χ1) is 6.77. The van der Waals surface area contributed by atoms with Crippen LogP contribution in [0.15, 0.2) is 0 Å². The highest BCUT2D eigenvalue weighted by Crippen LogP contribution is 2.28. The Balaban J connectivity index is 2.11. The second-order valence-electron chi connectivity index (χ2n) is 3.14. The molecule has 1 aliphatic rings. The number of aromatic nitrogens is 2. The van der Waals surface area contributed by atoms with Gasteiger partial charge in [0.2, 0.25) is 5.01 Å². The number of carboxylic acid groups (broad SMARTS) is 1. The van der Waals surface area contributed by atoms with Crippen LogP contribution >= 0.6 is 11.3 Å². The number of rotatable bonds is 2. The SMILES string of the molecule is O=C(O)c1nnc(C2CCOCC2)s1. The zero-order valence-corrected chi connectivity index (χ0v) is 8.29. The minimum absolute atomic E-state index is 0.0755. The van der Waals surface area contributed by atoms with Gasteiger partial charge in [-0.25, -0.2) is 4.79 Å². The van der Waals surface area contributed by atoms with Crippen molar-refractivity contribution in [2.75, 3.05) is 13.2 Å². The second kappa shape index (κ2) is 4.02. The topological polar surface area (TPSA) is 72.3 Å². The first kappa shape index (κ1) is 9.54. The van der Waals surface area contributed by atoms with Gasteiger partial charge in [0, 0.05) is 19.1 Å². The van der Waals surface area contributed by atoms with Gasteiger partial charge < -0.3 is 9.84 Å². The van der Waals surface area contributed by atoms with Crippen molar-refractivity contribution in [3.8, 4) is 0 Å². The molecule has 0 amide bonds. The molecule has 0 unspecified atom stereocenters. The van der Waals surface area contributed by atoms with Crippen molar-refractivity contribution in [3.05, 3.63) is 10.0 Å². The summed E-state index contributed by atoms with van der Waals surface area (Å²) in [5.74, 6) is -0.671. The average molecular weight is 214 g/mol. The van der Waals surface area contributed by atoms with Gasteiger partial charge in [-0.1, -0.05) is 11.3 Å². The second-order valence-corrected chi connectivity index (χ2v) is 4.15. The van der Waals surface area contributed by atoms with Crippen LogP contribution in [-0.4, -0.2) is 34.5 Å². The zero-order valence-electron chi connectivity index (χ0n) is 7.47. The van der Waals surface area contributed by atoms with Gasteiger partial charge in [0.1, 0.15) is 5.01 Å². The molecule has 1 aromatic rings. The summed E-state index contributed by atoms with van der Waals surface area (Å²) in [4.78, 5) is 10.6. The van der Waals surface area contributed by atoms with Crippen LogP contribution in [0.25, 0.3) is 0 Å². The van der Waals surface area contributed by atoms with Crippen LogP contribution in [0, 0.1) is 0 Å². The molecule has 76 valence electrons. The summed E-state index contributed by atoms with van der Waals surface area (Å²) in [5.41, 5.74) is 0. The van der Waals surface area contributed by atoms with Crippen molar-refractivity contribution in [3.63, 3.8) is 0 Å². The standard InChI is InChI=1S/C8H10N2O3S/c11-8(12)7-10-9-6(14-7)5-1-3-13-4-2-5/h5H,1-4H2,(H,11,12). The molecule has 0 aliphatic carbocycles. The van der Waals surface area contributed by atoms with Gasteiger partial charge in [0.05, 0.1) is 0 Å². The fourth-order valence-corrected chi connectivity index (χ4v) is 2.28. The van der Waals surface area contributed by atoms with E-state index < -0.39 is 5.97 Å². The number of hydrogen-bond donors (Lipinski definition) is 1. The summed E-state index contributed by atoms with van der Waals surface area (Å²) in [6.45, 7) is 1.46. The fourth-order valence-electron chi connectivity index (χ4n) is 1.43. The van der Waals surface area contributed by atoms with Gasteiger partial charge in [0.25, 0.3) is 0 Å². The maximum atomic E-state index is 10.6. The van der Waals surface area contributed by atoms with E-state index in [9.17, 15) is 4.79 Å². The van der Waals surface area contributed by atoms with E-state index in [1.54, 1.807) is 0 Å². The Labute approximate surface area is 84.7 Å². The third kappa shape index (κ3) is 1.91. The van der Waals surface area contributed by atoms with Gasteiger partial charge in [-0.15, -0.1) is 10.2 Å². The summed E-state index contributed by atoms with van der Waals surface area (Å²) in [7, 11) is 0. The summed E-state index contributed by atoms with van der Waals surface area (Å²) in [5, 5.41) is 17.1. The summed E-state index contributed by atoms with van der Waals surface area (Å²) in [6, 6.07) is 0. The van der Waals surface area contributed by atoms with E-state index in [1.807, 2.05) is 0 Å². The van der Waals surface area contributed by atoms with Crippen molar-refractivity contribution < 1.29 is 14.6 Å². The number of aromatic carboxylic acids is 1. The molecule has 1 N–H and O–H groups in total. The molecule has 0 radical (unpaired) electrons. The zero-order chi connectivity index (χ0) is 9.97. The Morgan fingerprint density at radius 1 is 1.43 bits per heavy atom. The highest BCUT2D eigenvalue weighted by molar-refractivity contribution is 7.13. The largest absolute Gasteiger partial charge is 0.476 e. The highest BCUT2D eigenvalue weighted by Gasteiger charge is 2.21. The van der Waals surface area contributed by atoms with Crippen molar-refractivity contribution >= 4 is 17.3 Å². The van der Waals surface area contributed by atoms with Crippen LogP contribution < -0.4 is 0 Å². The number of hydrogen-bond acceptors (Lipinski definition) is 5. The predicted octanol–water partition coefficient (Wildman–Crippen LogP) is 1.13. The van der Waals surface area contributed by atoms with E-state index in [-0.39, 0.29) is 5.01 Å². The smallest absolute Gasteiger partial charge is 0.367 e. The monoisotopic (exact) mass is 214 g/mol. The first-order valence-corrected chi connectivity index (χ1v) is 5.23. The number of ether oxygens (including phenoxy) is 1. The Hall–Kier alpha value is -1.01. The summed E-state index contributed by atoms with van der Waals surface area (Å²) >= 11 is 1.17. The van der Waals surface area contributed by atoms with E-state index in [4.69, 9.17) is 9.84 Å². The van der Waals surface area contributed by atoms with E-state index in [0.29, 0.717) is 5.92 Å².